The van der Waals surface area contributed by atoms with Crippen molar-refractivity contribution in [3.8, 4) is 0 Å². The maximum atomic E-state index is 12.3. The third-order valence-electron chi connectivity index (χ3n) is 2.17. The maximum Gasteiger partial charge on any atom is 0.471 e. The molecule has 0 spiro atoms. The topological polar surface area (TPSA) is 76.4 Å². The van der Waals surface area contributed by atoms with Gasteiger partial charge in [0.2, 0.25) is 0 Å². The van der Waals surface area contributed by atoms with Crippen LogP contribution in [0.5, 0.6) is 0 Å². The number of aliphatic hydroxyl groups excluding tert-OH is 1. The number of hydrogen-bond acceptors (Lipinski definition) is 4. The monoisotopic (exact) mass is 321 g/mol. The van der Waals surface area contributed by atoms with Gasteiger partial charge in [0.1, 0.15) is 12.2 Å². The van der Waals surface area contributed by atoms with E-state index in [9.17, 15) is 36.2 Å². The number of halogens is 6. The van der Waals surface area contributed by atoms with E-state index in [1.54, 1.807) is 0 Å². The predicted octanol–water partition coefficient (Wildman–Crippen LogP) is 1.58. The van der Waals surface area contributed by atoms with Crippen LogP contribution in [0.2, 0.25) is 0 Å². The van der Waals surface area contributed by atoms with Gasteiger partial charge in [-0.1, -0.05) is 0 Å². The van der Waals surface area contributed by atoms with Crippen molar-refractivity contribution in [3.05, 3.63) is 11.9 Å². The average Bonchev–Trinajstić information content (AvgIpc) is 2.67. The van der Waals surface area contributed by atoms with Gasteiger partial charge >= 0.3 is 18.3 Å². The number of nitrogens with one attached hydrogen (secondary N) is 1. The molecule has 0 aliphatic rings. The van der Waals surface area contributed by atoms with E-state index in [-0.39, 0.29) is 4.68 Å². The first kappa shape index (κ1) is 17.2. The van der Waals surface area contributed by atoms with Gasteiger partial charge in [0.05, 0.1) is 11.9 Å². The molecule has 1 rings (SSSR count). The van der Waals surface area contributed by atoms with Gasteiger partial charge in [-0.25, -0.2) is 0 Å². The van der Waals surface area contributed by atoms with Crippen LogP contribution in [-0.2, 0) is 16.1 Å². The number of hydrogen-bond donors (Lipinski definition) is 2. The molecule has 6 nitrogen and oxygen atoms in total. The largest absolute Gasteiger partial charge is 0.471 e. The van der Waals surface area contributed by atoms with Gasteiger partial charge in [-0.3, -0.25) is 9.48 Å². The van der Waals surface area contributed by atoms with E-state index >= 15 is 0 Å². The Morgan fingerprint density at radius 2 is 2.00 bits per heavy atom. The summed E-state index contributed by atoms with van der Waals surface area (Å²) in [6.45, 7) is -1.68. The zero-order valence-electron chi connectivity index (χ0n) is 10.3. The van der Waals surface area contributed by atoms with Gasteiger partial charge < -0.3 is 15.2 Å². The highest BCUT2D eigenvalue weighted by molar-refractivity contribution is 5.95. The second kappa shape index (κ2) is 5.89. The van der Waals surface area contributed by atoms with Crippen LogP contribution in [0, 0.1) is 0 Å². The zero-order valence-corrected chi connectivity index (χ0v) is 10.3. The summed E-state index contributed by atoms with van der Waals surface area (Å²) in [5, 5.41) is 13.9. The highest BCUT2D eigenvalue weighted by Crippen LogP contribution is 2.28. The van der Waals surface area contributed by atoms with Crippen LogP contribution in [-0.4, -0.2) is 40.3 Å². The van der Waals surface area contributed by atoms with Gasteiger partial charge in [-0.2, -0.15) is 31.4 Å². The van der Waals surface area contributed by atoms with E-state index in [4.69, 9.17) is 0 Å². The van der Waals surface area contributed by atoms with Crippen LogP contribution in [0.3, 0.4) is 0 Å². The predicted molar refractivity (Wildman–Crippen MR) is 54.9 cm³/mol. The lowest BCUT2D eigenvalue weighted by atomic mass is 10.3. The summed E-state index contributed by atoms with van der Waals surface area (Å²) < 4.78 is 77.8. The summed E-state index contributed by atoms with van der Waals surface area (Å²) in [7, 11) is 0.908. The quantitative estimate of drug-likeness (QED) is 0.652. The highest BCUT2D eigenvalue weighted by atomic mass is 19.4. The summed E-state index contributed by atoms with van der Waals surface area (Å²) in [6.07, 6.45) is -11.4. The van der Waals surface area contributed by atoms with Crippen LogP contribution in [0.25, 0.3) is 0 Å². The number of amides is 1. The SMILES string of the molecule is COC(O)c1c(NC(=O)C(F)(F)F)cnn1CC(F)(F)F. The number of anilines is 1. The Labute approximate surface area is 113 Å². The highest BCUT2D eigenvalue weighted by Gasteiger charge is 2.40. The molecule has 0 saturated heterocycles. The minimum atomic E-state index is -5.25. The summed E-state index contributed by atoms with van der Waals surface area (Å²) in [4.78, 5) is 10.8. The number of nitrogens with zero attached hydrogens (tertiary/aromatic N) is 2. The van der Waals surface area contributed by atoms with Crippen molar-refractivity contribution in [2.75, 3.05) is 12.4 Å². The third kappa shape index (κ3) is 4.60. The second-order valence-electron chi connectivity index (χ2n) is 3.76. The van der Waals surface area contributed by atoms with E-state index in [2.05, 4.69) is 9.84 Å². The normalized spacial score (nSPS) is 14.1. The summed E-state index contributed by atoms with van der Waals surface area (Å²) >= 11 is 0. The van der Waals surface area contributed by atoms with Gasteiger partial charge in [0.15, 0.2) is 6.29 Å². The fourth-order valence-corrected chi connectivity index (χ4v) is 1.35. The fraction of sp³-hybridized carbons (Fsp3) is 0.556. The molecule has 1 heterocycles. The number of aromatic nitrogens is 2. The molecule has 0 bridgehead atoms. The molecule has 1 atom stereocenters. The Kier molecular flexibility index (Phi) is 4.83. The number of rotatable bonds is 4. The molecule has 0 fully saturated rings. The van der Waals surface area contributed by atoms with Gasteiger partial charge in [0, 0.05) is 7.11 Å². The Morgan fingerprint density at radius 1 is 1.43 bits per heavy atom. The van der Waals surface area contributed by atoms with Crippen molar-refractivity contribution in [2.45, 2.75) is 25.2 Å². The molecule has 1 amide bonds. The first-order valence-electron chi connectivity index (χ1n) is 5.17. The molecule has 0 aliphatic heterocycles. The van der Waals surface area contributed by atoms with E-state index in [0.29, 0.717) is 6.20 Å². The Bertz CT molecular complexity index is 510. The summed E-state index contributed by atoms with van der Waals surface area (Å²) in [5.74, 6) is -2.42. The number of alkyl halides is 6. The van der Waals surface area contributed by atoms with Crippen molar-refractivity contribution in [3.63, 3.8) is 0 Å². The number of ether oxygens (including phenoxy) is 1. The van der Waals surface area contributed by atoms with Gasteiger partial charge in [-0.05, 0) is 0 Å². The lowest BCUT2D eigenvalue weighted by Crippen LogP contribution is -2.30. The third-order valence-corrected chi connectivity index (χ3v) is 2.17. The Morgan fingerprint density at radius 3 is 2.43 bits per heavy atom. The van der Waals surface area contributed by atoms with Crippen molar-refractivity contribution < 1.29 is 41.0 Å². The molecule has 0 aromatic carbocycles. The van der Waals surface area contributed by atoms with Crippen molar-refractivity contribution >= 4 is 11.6 Å². The number of aliphatic hydroxyl groups is 1. The smallest absolute Gasteiger partial charge is 0.363 e. The summed E-state index contributed by atoms with van der Waals surface area (Å²) in [5.41, 5.74) is -1.50. The first-order chi connectivity index (χ1) is 9.45. The molecule has 21 heavy (non-hydrogen) atoms. The van der Waals surface area contributed by atoms with E-state index < -0.39 is 42.5 Å². The molecule has 2 N–H and O–H groups in total. The van der Waals surface area contributed by atoms with Crippen LogP contribution >= 0.6 is 0 Å². The molecule has 0 aliphatic carbocycles. The van der Waals surface area contributed by atoms with Crippen LogP contribution in [0.15, 0.2) is 6.20 Å². The van der Waals surface area contributed by atoms with Gasteiger partial charge in [-0.15, -0.1) is 0 Å². The molecule has 1 aromatic rings. The molecular weight excluding hydrogens is 312 g/mol. The lowest BCUT2D eigenvalue weighted by molar-refractivity contribution is -0.167. The van der Waals surface area contributed by atoms with Crippen molar-refractivity contribution in [1.29, 1.82) is 0 Å². The molecule has 1 aromatic heterocycles. The van der Waals surface area contributed by atoms with E-state index in [1.807, 2.05) is 0 Å². The average molecular weight is 321 g/mol. The summed E-state index contributed by atoms with van der Waals surface area (Å²) in [6, 6.07) is 0. The molecule has 0 saturated carbocycles. The van der Waals surface area contributed by atoms with Crippen LogP contribution < -0.4 is 5.32 Å². The van der Waals surface area contributed by atoms with Crippen LogP contribution in [0.4, 0.5) is 32.0 Å². The molecule has 120 valence electrons. The lowest BCUT2D eigenvalue weighted by Gasteiger charge is -2.16. The van der Waals surface area contributed by atoms with Crippen molar-refractivity contribution in [1.82, 2.24) is 9.78 Å². The minimum absolute atomic E-state index is 0.181. The molecule has 12 heteroatoms. The number of methoxy groups -OCH3 is 1. The maximum absolute atomic E-state index is 12.3. The molecule has 1 unspecified atom stereocenters. The second-order valence-corrected chi connectivity index (χ2v) is 3.76. The van der Waals surface area contributed by atoms with E-state index in [0.717, 1.165) is 7.11 Å². The molecular formula is C9H9F6N3O3. The van der Waals surface area contributed by atoms with Crippen molar-refractivity contribution in [2.24, 2.45) is 0 Å². The standard InChI is InChI=1S/C9H9F6N3O3/c1-21-6(19)5-4(17-7(20)9(13,14)15)2-16-18(5)3-8(10,11)12/h2,6,19H,3H2,1H3,(H,17,20). The fourth-order valence-electron chi connectivity index (χ4n) is 1.35. The molecule has 0 radical (unpaired) electrons. The number of carbonyl (C=O) groups excluding carboxylic acids is 1. The minimum Gasteiger partial charge on any atom is -0.363 e. The van der Waals surface area contributed by atoms with Gasteiger partial charge in [0.25, 0.3) is 0 Å². The Hall–Kier alpha value is -1.82. The zero-order chi connectivity index (χ0) is 16.4. The van der Waals surface area contributed by atoms with E-state index in [1.165, 1.54) is 5.32 Å². The Balaban J connectivity index is 3.13. The number of carbonyl (C=O) groups is 1. The first-order valence-corrected chi connectivity index (χ1v) is 5.17. The van der Waals surface area contributed by atoms with Crippen LogP contribution in [0.1, 0.15) is 12.0 Å².